The van der Waals surface area contributed by atoms with Crippen LogP contribution in [0, 0.1) is 34.5 Å². The number of likely N-dealkylation sites (tertiary alicyclic amines) is 2. The first-order chi connectivity index (χ1) is 26.0. The van der Waals surface area contributed by atoms with E-state index in [0.717, 1.165) is 61.3 Å². The smallest absolute Gasteiger partial charge is 0.410 e. The van der Waals surface area contributed by atoms with Crippen LogP contribution in [0.3, 0.4) is 0 Å². The van der Waals surface area contributed by atoms with Gasteiger partial charge in [0.1, 0.15) is 17.7 Å². The summed E-state index contributed by atoms with van der Waals surface area (Å²) >= 11 is 1.57. The predicted octanol–water partition coefficient (Wildman–Crippen LogP) is 5.17. The summed E-state index contributed by atoms with van der Waals surface area (Å²) in [5.74, 6) is -2.61. The van der Waals surface area contributed by atoms with Crippen molar-refractivity contribution in [1.82, 2.24) is 25.4 Å². The van der Waals surface area contributed by atoms with Gasteiger partial charge in [0.05, 0.1) is 23.2 Å². The molecule has 1 unspecified atom stereocenters. The number of amides is 5. The van der Waals surface area contributed by atoms with E-state index in [9.17, 15) is 28.8 Å². The highest BCUT2D eigenvalue weighted by Crippen LogP contribution is 2.88. The lowest BCUT2D eigenvalue weighted by Gasteiger charge is -2.36. The number of nitrogens with one attached hydrogen (secondary N) is 2. The number of nitrogens with two attached hydrogens (primary N) is 1. The van der Waals surface area contributed by atoms with E-state index in [1.807, 2.05) is 48.5 Å². The highest BCUT2D eigenvalue weighted by molar-refractivity contribution is 7.11. The highest BCUT2D eigenvalue weighted by atomic mass is 32.1. The van der Waals surface area contributed by atoms with Gasteiger partial charge in [-0.2, -0.15) is 0 Å². The normalized spacial score (nSPS) is 25.6. The Hall–Kier alpha value is -3.55. The van der Waals surface area contributed by atoms with Crippen molar-refractivity contribution in [2.45, 2.75) is 163 Å². The Morgan fingerprint density at radius 3 is 2.09 bits per heavy atom. The Balaban J connectivity index is 1.17. The van der Waals surface area contributed by atoms with Gasteiger partial charge < -0.3 is 30.9 Å². The minimum absolute atomic E-state index is 0.00101. The number of piperidine rings is 1. The van der Waals surface area contributed by atoms with Crippen molar-refractivity contribution in [3.63, 3.8) is 0 Å². The maximum Gasteiger partial charge on any atom is 0.410 e. The predicted molar refractivity (Wildman–Crippen MR) is 212 cm³/mol. The van der Waals surface area contributed by atoms with Crippen LogP contribution in [0.2, 0.25) is 0 Å². The van der Waals surface area contributed by atoms with E-state index >= 15 is 0 Å². The Bertz CT molecular complexity index is 1740. The van der Waals surface area contributed by atoms with Crippen LogP contribution in [0.1, 0.15) is 141 Å². The number of fused-ring (bicyclic) bond motifs is 1. The van der Waals surface area contributed by atoms with E-state index in [0.29, 0.717) is 38.2 Å². The Morgan fingerprint density at radius 1 is 0.946 bits per heavy atom. The fourth-order valence-corrected chi connectivity index (χ4v) is 11.5. The number of aryl methyl sites for hydroxylation is 1. The van der Waals surface area contributed by atoms with Gasteiger partial charge in [-0.1, -0.05) is 60.3 Å². The van der Waals surface area contributed by atoms with E-state index in [-0.39, 0.29) is 52.4 Å². The number of aromatic nitrogens is 1. The molecule has 6 rings (SSSR count). The fraction of sp³-hybridized carbons (Fsp3) is 0.786. The third-order valence-corrected chi connectivity index (χ3v) is 15.4. The zero-order valence-corrected chi connectivity index (χ0v) is 35.8. The van der Waals surface area contributed by atoms with Crippen LogP contribution in [0.5, 0.6) is 0 Å². The van der Waals surface area contributed by atoms with Crippen molar-refractivity contribution < 1.29 is 33.5 Å². The molecule has 5 fully saturated rings. The number of thiazole rings is 1. The Kier molecular flexibility index (Phi) is 11.3. The van der Waals surface area contributed by atoms with Gasteiger partial charge in [-0.3, -0.25) is 24.0 Å². The molecule has 3 heterocycles. The quantitative estimate of drug-likeness (QED) is 0.257. The van der Waals surface area contributed by atoms with Crippen molar-refractivity contribution in [2.75, 3.05) is 19.6 Å². The molecule has 5 amide bonds. The lowest BCUT2D eigenvalue weighted by atomic mass is 9.73. The van der Waals surface area contributed by atoms with Crippen molar-refractivity contribution in [3.8, 4) is 0 Å². The molecule has 14 heteroatoms. The molecule has 1 aromatic heterocycles. The van der Waals surface area contributed by atoms with Crippen LogP contribution in [-0.2, 0) is 35.1 Å². The molecule has 310 valence electrons. The number of rotatable bonds is 11. The number of hydrogen-bond acceptors (Lipinski definition) is 9. The van der Waals surface area contributed by atoms with Gasteiger partial charge in [0.25, 0.3) is 5.91 Å². The van der Waals surface area contributed by atoms with Crippen molar-refractivity contribution in [1.29, 1.82) is 0 Å². The van der Waals surface area contributed by atoms with Gasteiger partial charge in [0.2, 0.25) is 23.5 Å². The van der Waals surface area contributed by atoms with Crippen molar-refractivity contribution in [3.05, 3.63) is 15.6 Å². The molecule has 3 saturated carbocycles. The number of carbonyl (C=O) groups is 6. The average molecular weight is 797 g/mol. The number of nitrogens with zero attached hydrogens (tertiary/aromatic N) is 3. The highest BCUT2D eigenvalue weighted by Gasteiger charge is 2.85. The number of Topliss-reactive ketones (excluding diaryl/α,β-unsaturated/α-hetero) is 1. The van der Waals surface area contributed by atoms with E-state index < -0.39 is 46.7 Å². The van der Waals surface area contributed by atoms with Crippen LogP contribution in [-0.4, -0.2) is 93.6 Å². The summed E-state index contributed by atoms with van der Waals surface area (Å²) < 4.78 is 5.55. The maximum atomic E-state index is 14.9. The molecule has 5 aliphatic rings. The summed E-state index contributed by atoms with van der Waals surface area (Å²) in [5.41, 5.74) is 4.52. The summed E-state index contributed by atoms with van der Waals surface area (Å²) in [5, 5.41) is 6.88. The summed E-state index contributed by atoms with van der Waals surface area (Å²) in [6, 6.07) is -2.84. The molecular formula is C42H64N6O7S. The van der Waals surface area contributed by atoms with Gasteiger partial charge >= 0.3 is 6.09 Å². The molecule has 4 atom stereocenters. The minimum Gasteiger partial charge on any atom is -0.444 e. The van der Waals surface area contributed by atoms with E-state index in [1.165, 1.54) is 0 Å². The van der Waals surface area contributed by atoms with Crippen LogP contribution in [0.25, 0.3) is 0 Å². The molecule has 13 nitrogen and oxygen atoms in total. The molecule has 0 aromatic carbocycles. The second-order valence-corrected chi connectivity index (χ2v) is 21.2. The second-order valence-electron chi connectivity index (χ2n) is 20.0. The number of hydrogen-bond donors (Lipinski definition) is 3. The van der Waals surface area contributed by atoms with Gasteiger partial charge in [0.15, 0.2) is 0 Å². The fourth-order valence-electron chi connectivity index (χ4n) is 10.4. The first kappa shape index (κ1) is 42.1. The van der Waals surface area contributed by atoms with E-state index in [1.54, 1.807) is 21.1 Å². The van der Waals surface area contributed by atoms with Crippen LogP contribution in [0.15, 0.2) is 0 Å². The first-order valence-electron chi connectivity index (χ1n) is 20.7. The minimum atomic E-state index is -1.08. The van der Waals surface area contributed by atoms with Crippen LogP contribution in [0.4, 0.5) is 4.79 Å². The lowest BCUT2D eigenvalue weighted by molar-refractivity contribution is -0.145. The monoisotopic (exact) mass is 796 g/mol. The molecule has 2 spiro atoms. The van der Waals surface area contributed by atoms with Gasteiger partial charge in [-0.05, 0) is 88.4 Å². The number of ketones is 1. The zero-order chi connectivity index (χ0) is 41.2. The zero-order valence-electron chi connectivity index (χ0n) is 35.0. The summed E-state index contributed by atoms with van der Waals surface area (Å²) in [4.78, 5) is 89.9. The SMILES string of the molecule is Cc1sc(C2CCN(C(=O)OC(C)(C)C)CC2)nc1CC(=O)N[C@H](C(=O)N1C[C@]2(C[C@H]1C(=O)NC(CC1CCC1)C(=O)C(N)=O)C(C)(C)C21CCC1)C(C)(C)C. The molecule has 4 N–H and O–H groups in total. The molecule has 0 radical (unpaired) electrons. The topological polar surface area (TPSA) is 181 Å². The largest absolute Gasteiger partial charge is 0.444 e. The third-order valence-electron chi connectivity index (χ3n) is 14.2. The second kappa shape index (κ2) is 15.0. The van der Waals surface area contributed by atoms with Crippen LogP contribution < -0.4 is 16.4 Å². The first-order valence-corrected chi connectivity index (χ1v) is 21.5. The molecule has 2 saturated heterocycles. The van der Waals surface area contributed by atoms with Crippen LogP contribution >= 0.6 is 11.3 Å². The number of carbonyl (C=O) groups excluding carboxylic acids is 6. The summed E-state index contributed by atoms with van der Waals surface area (Å²) in [6.07, 6.45) is 8.08. The number of ether oxygens (including phenoxy) is 1. The molecular weight excluding hydrogens is 733 g/mol. The van der Waals surface area contributed by atoms with Crippen molar-refractivity contribution in [2.24, 2.45) is 33.3 Å². The third kappa shape index (κ3) is 7.72. The molecule has 56 heavy (non-hydrogen) atoms. The summed E-state index contributed by atoms with van der Waals surface area (Å²) in [6.45, 7) is 19.2. The van der Waals surface area contributed by atoms with Gasteiger partial charge in [-0.25, -0.2) is 9.78 Å². The van der Waals surface area contributed by atoms with Gasteiger partial charge in [0, 0.05) is 35.8 Å². The van der Waals surface area contributed by atoms with E-state index in [2.05, 4.69) is 24.5 Å². The van der Waals surface area contributed by atoms with Crippen molar-refractivity contribution >= 4 is 46.8 Å². The lowest BCUT2D eigenvalue weighted by Crippen LogP contribution is -2.59. The Labute approximate surface area is 336 Å². The Morgan fingerprint density at radius 2 is 1.59 bits per heavy atom. The molecule has 3 aliphatic carbocycles. The number of primary amides is 1. The van der Waals surface area contributed by atoms with Gasteiger partial charge in [-0.15, -0.1) is 11.3 Å². The summed E-state index contributed by atoms with van der Waals surface area (Å²) in [7, 11) is 0. The van der Waals surface area contributed by atoms with E-state index in [4.69, 9.17) is 15.5 Å². The molecule has 1 aromatic rings. The molecule has 2 aliphatic heterocycles. The molecule has 0 bridgehead atoms. The average Bonchev–Trinajstić information content (AvgIpc) is 3.38. The standard InChI is InChI=1S/C42H64N6O7S/c1-24-27(45-35(56-24)26-14-18-47(19-15-26)37(54)55-39(5,6)7)21-30(49)46-32(38(2,3)4)36(53)48-23-42(40(8,9)41(42)16-11-17-41)22-29(48)34(52)44-28(31(50)33(43)51)20-25-12-10-13-25/h25-26,28-29,32H,10-23H2,1-9H3,(H2,43,51)(H,44,52)(H,46,49)/t28?,29-,32+,42+/m0/s1. The maximum absolute atomic E-state index is 14.9.